The predicted molar refractivity (Wildman–Crippen MR) is 70.9 cm³/mol. The molecular weight excluding hydrogens is 252 g/mol. The third kappa shape index (κ3) is 3.46. The summed E-state index contributed by atoms with van der Waals surface area (Å²) in [6.45, 7) is 5.18. The van der Waals surface area contributed by atoms with Gasteiger partial charge >= 0.3 is 0 Å². The monoisotopic (exact) mass is 270 g/mol. The number of sulfone groups is 1. The molecule has 0 saturated carbocycles. The second-order valence-electron chi connectivity index (χ2n) is 4.45. The van der Waals surface area contributed by atoms with E-state index in [1.54, 1.807) is 32.9 Å². The van der Waals surface area contributed by atoms with Crippen LogP contribution in [0.25, 0.3) is 0 Å². The van der Waals surface area contributed by atoms with Gasteiger partial charge in [0.25, 0.3) is 0 Å². The van der Waals surface area contributed by atoms with E-state index in [-0.39, 0.29) is 10.9 Å². The Balaban J connectivity index is 3.01. The molecule has 0 saturated heterocycles. The summed E-state index contributed by atoms with van der Waals surface area (Å²) < 4.78 is 24.2. The van der Waals surface area contributed by atoms with Gasteiger partial charge in [-0.3, -0.25) is 4.79 Å². The number of nitrogens with two attached hydrogens (primary N) is 1. The molecule has 0 radical (unpaired) electrons. The Bertz CT molecular complexity index is 550. The van der Waals surface area contributed by atoms with Crippen LogP contribution in [0.5, 0.6) is 0 Å². The molecule has 6 heteroatoms. The Morgan fingerprint density at radius 2 is 2.00 bits per heavy atom. The van der Waals surface area contributed by atoms with Gasteiger partial charge in [0, 0.05) is 11.7 Å². The summed E-state index contributed by atoms with van der Waals surface area (Å²) in [5.74, 6) is -1.07. The topological polar surface area (TPSA) is 89.3 Å². The summed E-state index contributed by atoms with van der Waals surface area (Å²) in [6.07, 6.45) is 0. The summed E-state index contributed by atoms with van der Waals surface area (Å²) >= 11 is 0. The SMILES string of the molecule is Cc1c(N)cccc1S(=O)(=O)CC(=O)NC(C)C. The molecule has 0 aromatic heterocycles. The zero-order valence-electron chi connectivity index (χ0n) is 10.7. The van der Waals surface area contributed by atoms with Crippen molar-refractivity contribution in [2.45, 2.75) is 31.7 Å². The van der Waals surface area contributed by atoms with Gasteiger partial charge in [-0.15, -0.1) is 0 Å². The maximum absolute atomic E-state index is 12.1. The lowest BCUT2D eigenvalue weighted by Gasteiger charge is -2.11. The number of rotatable bonds is 4. The first kappa shape index (κ1) is 14.5. The largest absolute Gasteiger partial charge is 0.398 e. The van der Waals surface area contributed by atoms with Gasteiger partial charge in [-0.2, -0.15) is 0 Å². The third-order valence-electron chi connectivity index (χ3n) is 2.43. The van der Waals surface area contributed by atoms with E-state index in [1.807, 2.05) is 0 Å². The first-order chi connectivity index (χ1) is 8.24. The average Bonchev–Trinajstić information content (AvgIpc) is 2.19. The van der Waals surface area contributed by atoms with Crippen molar-refractivity contribution < 1.29 is 13.2 Å². The van der Waals surface area contributed by atoms with E-state index in [0.717, 1.165) is 0 Å². The van der Waals surface area contributed by atoms with Crippen molar-refractivity contribution in [2.24, 2.45) is 0 Å². The molecule has 0 spiro atoms. The molecule has 0 bridgehead atoms. The molecule has 1 aromatic carbocycles. The van der Waals surface area contributed by atoms with Gasteiger partial charge in [-0.05, 0) is 38.5 Å². The van der Waals surface area contributed by atoms with Gasteiger partial charge in [0.15, 0.2) is 9.84 Å². The summed E-state index contributed by atoms with van der Waals surface area (Å²) in [5, 5.41) is 2.55. The Labute approximate surface area is 107 Å². The normalized spacial score (nSPS) is 11.6. The minimum Gasteiger partial charge on any atom is -0.398 e. The van der Waals surface area contributed by atoms with E-state index in [2.05, 4.69) is 5.32 Å². The number of anilines is 1. The highest BCUT2D eigenvalue weighted by atomic mass is 32.2. The fraction of sp³-hybridized carbons (Fsp3) is 0.417. The standard InChI is InChI=1S/C12H18N2O3S/c1-8(2)14-12(15)7-18(16,17)11-6-4-5-10(13)9(11)3/h4-6,8H,7,13H2,1-3H3,(H,14,15). The zero-order valence-corrected chi connectivity index (χ0v) is 11.5. The lowest BCUT2D eigenvalue weighted by molar-refractivity contribution is -0.119. The molecule has 5 nitrogen and oxygen atoms in total. The number of nitrogen functional groups attached to an aromatic ring is 1. The number of nitrogens with one attached hydrogen (secondary N) is 1. The minimum absolute atomic E-state index is 0.0883. The van der Waals surface area contributed by atoms with Crippen molar-refractivity contribution in [1.29, 1.82) is 0 Å². The number of carbonyl (C=O) groups is 1. The van der Waals surface area contributed by atoms with Crippen LogP contribution >= 0.6 is 0 Å². The molecule has 100 valence electrons. The average molecular weight is 270 g/mol. The molecule has 0 unspecified atom stereocenters. The van der Waals surface area contributed by atoms with Gasteiger partial charge in [-0.1, -0.05) is 6.07 Å². The van der Waals surface area contributed by atoms with Crippen LogP contribution in [0.15, 0.2) is 23.1 Å². The van der Waals surface area contributed by atoms with E-state index in [0.29, 0.717) is 11.3 Å². The number of amides is 1. The molecule has 0 aliphatic carbocycles. The molecule has 0 fully saturated rings. The van der Waals surface area contributed by atoms with Gasteiger partial charge in [-0.25, -0.2) is 8.42 Å². The van der Waals surface area contributed by atoms with Gasteiger partial charge in [0.2, 0.25) is 5.91 Å². The molecule has 0 heterocycles. The Kier molecular flexibility index (Phi) is 4.34. The first-order valence-corrected chi connectivity index (χ1v) is 7.26. The van der Waals surface area contributed by atoms with Crippen LogP contribution < -0.4 is 11.1 Å². The molecule has 3 N–H and O–H groups in total. The molecule has 1 rings (SSSR count). The number of hydrogen-bond acceptors (Lipinski definition) is 4. The van der Waals surface area contributed by atoms with Gasteiger partial charge < -0.3 is 11.1 Å². The molecule has 0 aliphatic rings. The minimum atomic E-state index is -3.65. The maximum atomic E-state index is 12.1. The summed E-state index contributed by atoms with van der Waals surface area (Å²) in [5.41, 5.74) is 6.55. The highest BCUT2D eigenvalue weighted by Crippen LogP contribution is 2.21. The molecule has 0 atom stereocenters. The highest BCUT2D eigenvalue weighted by Gasteiger charge is 2.22. The van der Waals surface area contributed by atoms with Crippen LogP contribution in [0.1, 0.15) is 19.4 Å². The second kappa shape index (κ2) is 5.39. The zero-order chi connectivity index (χ0) is 13.9. The van der Waals surface area contributed by atoms with Crippen molar-refractivity contribution in [3.63, 3.8) is 0 Å². The van der Waals surface area contributed by atoms with Crippen LogP contribution in [0.4, 0.5) is 5.69 Å². The van der Waals surface area contributed by atoms with E-state index in [4.69, 9.17) is 5.73 Å². The first-order valence-electron chi connectivity index (χ1n) is 5.61. The summed E-state index contributed by atoms with van der Waals surface area (Å²) in [7, 11) is -3.65. The van der Waals surface area contributed by atoms with Crippen LogP contribution in [0.3, 0.4) is 0 Å². The smallest absolute Gasteiger partial charge is 0.235 e. The van der Waals surface area contributed by atoms with Crippen molar-refractivity contribution in [1.82, 2.24) is 5.32 Å². The Morgan fingerprint density at radius 1 is 1.39 bits per heavy atom. The number of carbonyl (C=O) groups excluding carboxylic acids is 1. The van der Waals surface area contributed by atoms with Crippen LogP contribution in [-0.4, -0.2) is 26.1 Å². The fourth-order valence-corrected chi connectivity index (χ4v) is 3.04. The molecular formula is C12H18N2O3S. The summed E-state index contributed by atoms with van der Waals surface area (Å²) in [4.78, 5) is 11.6. The van der Waals surface area contributed by atoms with Gasteiger partial charge in [0.1, 0.15) is 5.75 Å². The number of hydrogen-bond donors (Lipinski definition) is 2. The molecule has 1 aromatic rings. The van der Waals surface area contributed by atoms with Crippen LogP contribution in [0, 0.1) is 6.92 Å². The van der Waals surface area contributed by atoms with E-state index in [1.165, 1.54) is 6.07 Å². The Hall–Kier alpha value is -1.56. The second-order valence-corrected chi connectivity index (χ2v) is 6.41. The van der Waals surface area contributed by atoms with Gasteiger partial charge in [0.05, 0.1) is 4.90 Å². The summed E-state index contributed by atoms with van der Waals surface area (Å²) in [6, 6.07) is 4.57. The fourth-order valence-electron chi connectivity index (χ4n) is 1.58. The third-order valence-corrected chi connectivity index (χ3v) is 4.19. The van der Waals surface area contributed by atoms with Crippen molar-refractivity contribution >= 4 is 21.4 Å². The van der Waals surface area contributed by atoms with E-state index >= 15 is 0 Å². The van der Waals surface area contributed by atoms with Crippen LogP contribution in [0.2, 0.25) is 0 Å². The van der Waals surface area contributed by atoms with E-state index in [9.17, 15) is 13.2 Å². The molecule has 18 heavy (non-hydrogen) atoms. The lowest BCUT2D eigenvalue weighted by atomic mass is 10.2. The maximum Gasteiger partial charge on any atom is 0.235 e. The highest BCUT2D eigenvalue weighted by molar-refractivity contribution is 7.92. The Morgan fingerprint density at radius 3 is 2.56 bits per heavy atom. The number of benzene rings is 1. The molecule has 1 amide bonds. The predicted octanol–water partition coefficient (Wildman–Crippen LogP) is 0.876. The lowest BCUT2D eigenvalue weighted by Crippen LogP contribution is -2.35. The van der Waals surface area contributed by atoms with Crippen molar-refractivity contribution in [3.05, 3.63) is 23.8 Å². The van der Waals surface area contributed by atoms with Crippen molar-refractivity contribution in [3.8, 4) is 0 Å². The quantitative estimate of drug-likeness (QED) is 0.795. The van der Waals surface area contributed by atoms with Crippen LogP contribution in [-0.2, 0) is 14.6 Å². The van der Waals surface area contributed by atoms with E-state index < -0.39 is 21.5 Å². The molecule has 0 aliphatic heterocycles. The van der Waals surface area contributed by atoms with Crippen molar-refractivity contribution in [2.75, 3.05) is 11.5 Å².